The lowest BCUT2D eigenvalue weighted by Crippen LogP contribution is -2.03. The molecular formula is C15H12N2O3. The first kappa shape index (κ1) is 12.2. The summed E-state index contributed by atoms with van der Waals surface area (Å²) < 4.78 is 0. The molecule has 0 atom stereocenters. The van der Waals surface area contributed by atoms with Crippen LogP contribution in [0, 0.1) is 6.92 Å². The van der Waals surface area contributed by atoms with E-state index in [9.17, 15) is 9.59 Å². The van der Waals surface area contributed by atoms with Crippen LogP contribution in [-0.2, 0) is 4.79 Å². The van der Waals surface area contributed by atoms with Crippen LogP contribution >= 0.6 is 0 Å². The van der Waals surface area contributed by atoms with Gasteiger partial charge in [0.05, 0.1) is 5.57 Å². The summed E-state index contributed by atoms with van der Waals surface area (Å²) in [6, 6.07) is 8.95. The summed E-state index contributed by atoms with van der Waals surface area (Å²) >= 11 is 0. The predicted octanol–water partition coefficient (Wildman–Crippen LogP) is 2.51. The lowest BCUT2D eigenvalue weighted by Gasteiger charge is -1.97. The highest BCUT2D eigenvalue weighted by atomic mass is 16.4. The lowest BCUT2D eigenvalue weighted by atomic mass is 10.1. The minimum absolute atomic E-state index is 0.112. The zero-order valence-electron chi connectivity index (χ0n) is 10.7. The molecule has 5 heteroatoms. The third-order valence-corrected chi connectivity index (χ3v) is 3.28. The molecule has 5 nitrogen and oxygen atoms in total. The number of amides is 1. The van der Waals surface area contributed by atoms with E-state index in [1.165, 1.54) is 0 Å². The van der Waals surface area contributed by atoms with Crippen molar-refractivity contribution in [2.45, 2.75) is 6.92 Å². The summed E-state index contributed by atoms with van der Waals surface area (Å²) in [6.45, 7) is 1.80. The van der Waals surface area contributed by atoms with Gasteiger partial charge < -0.3 is 15.4 Å². The van der Waals surface area contributed by atoms with E-state index in [1.807, 2.05) is 24.3 Å². The fourth-order valence-corrected chi connectivity index (χ4v) is 2.27. The molecule has 1 aliphatic rings. The second-order valence-corrected chi connectivity index (χ2v) is 4.64. The van der Waals surface area contributed by atoms with Crippen LogP contribution in [0.15, 0.2) is 30.3 Å². The van der Waals surface area contributed by atoms with Crippen LogP contribution in [0.2, 0.25) is 0 Å². The second-order valence-electron chi connectivity index (χ2n) is 4.64. The Labute approximate surface area is 114 Å². The SMILES string of the molecule is Cc1cc(C(=O)O)[nH]c1/C=C1/C(=O)Nc2ccccc21. The molecule has 20 heavy (non-hydrogen) atoms. The van der Waals surface area contributed by atoms with E-state index in [0.717, 1.165) is 16.8 Å². The molecule has 3 rings (SSSR count). The zero-order chi connectivity index (χ0) is 14.3. The number of aromatic carboxylic acids is 1. The number of fused-ring (bicyclic) bond motifs is 1. The van der Waals surface area contributed by atoms with Crippen molar-refractivity contribution in [2.24, 2.45) is 0 Å². The number of aromatic nitrogens is 1. The standard InChI is InChI=1S/C15H12N2O3/c1-8-6-13(15(19)20)16-12(8)7-10-9-4-2-3-5-11(9)17-14(10)18/h2-7,16H,1H3,(H,17,18)(H,19,20)/b10-7+. The first-order valence-electron chi connectivity index (χ1n) is 6.11. The first-order valence-corrected chi connectivity index (χ1v) is 6.11. The number of carbonyl (C=O) groups is 2. The molecule has 0 bridgehead atoms. The molecule has 0 saturated heterocycles. The van der Waals surface area contributed by atoms with Crippen LogP contribution in [0.25, 0.3) is 11.6 Å². The van der Waals surface area contributed by atoms with Crippen LogP contribution in [0.1, 0.15) is 27.3 Å². The summed E-state index contributed by atoms with van der Waals surface area (Å²) in [5.74, 6) is -1.20. The van der Waals surface area contributed by atoms with Crippen molar-refractivity contribution in [2.75, 3.05) is 5.32 Å². The maximum Gasteiger partial charge on any atom is 0.352 e. The molecule has 0 aliphatic carbocycles. The molecule has 3 N–H and O–H groups in total. The Kier molecular flexibility index (Phi) is 2.68. The topological polar surface area (TPSA) is 82.2 Å². The van der Waals surface area contributed by atoms with E-state index in [1.54, 1.807) is 19.1 Å². The molecular weight excluding hydrogens is 256 g/mol. The highest BCUT2D eigenvalue weighted by Gasteiger charge is 2.24. The number of benzene rings is 1. The van der Waals surface area contributed by atoms with Crippen molar-refractivity contribution >= 4 is 29.2 Å². The monoisotopic (exact) mass is 268 g/mol. The molecule has 0 spiro atoms. The Bertz CT molecular complexity index is 756. The maximum absolute atomic E-state index is 12.0. The Morgan fingerprint density at radius 3 is 2.75 bits per heavy atom. The number of aromatic amines is 1. The predicted molar refractivity (Wildman–Crippen MR) is 75.4 cm³/mol. The quantitative estimate of drug-likeness (QED) is 0.732. The van der Waals surface area contributed by atoms with Crippen molar-refractivity contribution in [3.05, 3.63) is 52.8 Å². The smallest absolute Gasteiger partial charge is 0.352 e. The maximum atomic E-state index is 12.0. The number of aryl methyl sites for hydroxylation is 1. The normalized spacial score (nSPS) is 15.2. The number of hydrogen-bond acceptors (Lipinski definition) is 2. The molecule has 0 radical (unpaired) electrons. The first-order chi connectivity index (χ1) is 9.56. The average Bonchev–Trinajstić information content (AvgIpc) is 2.92. The summed E-state index contributed by atoms with van der Waals surface area (Å²) in [5.41, 5.74) is 3.65. The van der Waals surface area contributed by atoms with Crippen molar-refractivity contribution in [1.82, 2.24) is 4.98 Å². The highest BCUT2D eigenvalue weighted by Crippen LogP contribution is 2.32. The molecule has 1 amide bonds. The molecule has 1 aromatic heterocycles. The van der Waals surface area contributed by atoms with E-state index in [2.05, 4.69) is 10.3 Å². The van der Waals surface area contributed by atoms with Crippen LogP contribution in [0.5, 0.6) is 0 Å². The van der Waals surface area contributed by atoms with Crippen LogP contribution < -0.4 is 5.32 Å². The van der Waals surface area contributed by atoms with Gasteiger partial charge in [0.25, 0.3) is 5.91 Å². The Hall–Kier alpha value is -2.82. The van der Waals surface area contributed by atoms with Gasteiger partial charge in [0.1, 0.15) is 5.69 Å². The second kappa shape index (κ2) is 4.38. The highest BCUT2D eigenvalue weighted by molar-refractivity contribution is 6.34. The van der Waals surface area contributed by atoms with Gasteiger partial charge in [-0.3, -0.25) is 4.79 Å². The van der Waals surface area contributed by atoms with Gasteiger partial charge in [-0.15, -0.1) is 0 Å². The zero-order valence-corrected chi connectivity index (χ0v) is 10.7. The number of anilines is 1. The molecule has 0 unspecified atom stereocenters. The average molecular weight is 268 g/mol. The van der Waals surface area contributed by atoms with Crippen molar-refractivity contribution in [3.63, 3.8) is 0 Å². The molecule has 1 aromatic carbocycles. The number of rotatable bonds is 2. The van der Waals surface area contributed by atoms with Gasteiger partial charge in [-0.05, 0) is 30.7 Å². The van der Waals surface area contributed by atoms with E-state index < -0.39 is 5.97 Å². The summed E-state index contributed by atoms with van der Waals surface area (Å²) in [6.07, 6.45) is 1.68. The molecule has 0 fully saturated rings. The van der Waals surface area contributed by atoms with Crippen LogP contribution in [0.4, 0.5) is 5.69 Å². The Balaban J connectivity index is 2.09. The van der Waals surface area contributed by atoms with Crippen molar-refractivity contribution in [1.29, 1.82) is 0 Å². The number of para-hydroxylation sites is 1. The molecule has 2 aromatic rings. The molecule has 1 aliphatic heterocycles. The minimum atomic E-state index is -1.02. The number of hydrogen-bond donors (Lipinski definition) is 3. The van der Waals surface area contributed by atoms with E-state index >= 15 is 0 Å². The third-order valence-electron chi connectivity index (χ3n) is 3.28. The summed E-state index contributed by atoms with van der Waals surface area (Å²) in [7, 11) is 0. The lowest BCUT2D eigenvalue weighted by molar-refractivity contribution is -0.110. The van der Waals surface area contributed by atoms with Crippen LogP contribution in [0.3, 0.4) is 0 Å². The van der Waals surface area contributed by atoms with Crippen molar-refractivity contribution < 1.29 is 14.7 Å². The van der Waals surface area contributed by atoms with Gasteiger partial charge in [-0.2, -0.15) is 0 Å². The Morgan fingerprint density at radius 1 is 1.30 bits per heavy atom. The van der Waals surface area contributed by atoms with Gasteiger partial charge in [0.15, 0.2) is 0 Å². The van der Waals surface area contributed by atoms with Gasteiger partial charge >= 0.3 is 5.97 Å². The van der Waals surface area contributed by atoms with Crippen LogP contribution in [-0.4, -0.2) is 22.0 Å². The number of H-pyrrole nitrogens is 1. The number of carbonyl (C=O) groups excluding carboxylic acids is 1. The number of nitrogens with one attached hydrogen (secondary N) is 2. The fourth-order valence-electron chi connectivity index (χ4n) is 2.27. The van der Waals surface area contributed by atoms with E-state index in [4.69, 9.17) is 5.11 Å². The number of carboxylic acids is 1. The molecule has 2 heterocycles. The van der Waals surface area contributed by atoms with E-state index in [0.29, 0.717) is 11.3 Å². The van der Waals surface area contributed by atoms with Gasteiger partial charge in [0.2, 0.25) is 0 Å². The van der Waals surface area contributed by atoms with Crippen molar-refractivity contribution in [3.8, 4) is 0 Å². The fraction of sp³-hybridized carbons (Fsp3) is 0.0667. The third kappa shape index (κ3) is 1.89. The summed E-state index contributed by atoms with van der Waals surface area (Å²) in [4.78, 5) is 25.7. The summed E-state index contributed by atoms with van der Waals surface area (Å²) in [5, 5.41) is 11.7. The number of carboxylic acid groups (broad SMARTS) is 1. The van der Waals surface area contributed by atoms with E-state index in [-0.39, 0.29) is 11.6 Å². The largest absolute Gasteiger partial charge is 0.477 e. The van der Waals surface area contributed by atoms with Gasteiger partial charge in [-0.25, -0.2) is 4.79 Å². The minimum Gasteiger partial charge on any atom is -0.477 e. The van der Waals surface area contributed by atoms with Gasteiger partial charge in [-0.1, -0.05) is 18.2 Å². The molecule has 100 valence electrons. The Morgan fingerprint density at radius 2 is 2.05 bits per heavy atom. The molecule has 0 saturated carbocycles. The van der Waals surface area contributed by atoms with Gasteiger partial charge in [0, 0.05) is 16.9 Å².